The van der Waals surface area contributed by atoms with Gasteiger partial charge in [0.1, 0.15) is 12.4 Å². The summed E-state index contributed by atoms with van der Waals surface area (Å²) in [5.74, 6) is 1.01. The number of rotatable bonds is 6. The summed E-state index contributed by atoms with van der Waals surface area (Å²) in [5, 5.41) is 8.49. The van der Waals surface area contributed by atoms with Crippen molar-refractivity contribution in [1.82, 2.24) is 16.0 Å². The summed E-state index contributed by atoms with van der Waals surface area (Å²) < 4.78 is 5.67. The maximum absolute atomic E-state index is 11.9. The van der Waals surface area contributed by atoms with E-state index in [1.807, 2.05) is 26.0 Å². The van der Waals surface area contributed by atoms with E-state index in [0.29, 0.717) is 13.2 Å². The SMILES string of the molecule is CNC(=O)C1CCC(NC(=O)NCCOc2cc(C)cc(C)c2)CC1. The molecule has 0 heterocycles. The number of nitrogens with one attached hydrogen (secondary N) is 3. The van der Waals surface area contributed by atoms with Crippen LogP contribution in [0.2, 0.25) is 0 Å². The van der Waals surface area contributed by atoms with E-state index in [9.17, 15) is 9.59 Å². The van der Waals surface area contributed by atoms with Gasteiger partial charge in [0.15, 0.2) is 0 Å². The van der Waals surface area contributed by atoms with E-state index < -0.39 is 0 Å². The Labute approximate surface area is 149 Å². The van der Waals surface area contributed by atoms with Crippen molar-refractivity contribution in [3.05, 3.63) is 29.3 Å². The zero-order valence-electron chi connectivity index (χ0n) is 15.4. The minimum absolute atomic E-state index is 0.0808. The van der Waals surface area contributed by atoms with Crippen molar-refractivity contribution in [3.8, 4) is 5.75 Å². The number of aryl methyl sites for hydroxylation is 2. The second-order valence-electron chi connectivity index (χ2n) is 6.73. The van der Waals surface area contributed by atoms with Crippen LogP contribution in [0.4, 0.5) is 4.79 Å². The van der Waals surface area contributed by atoms with Crippen LogP contribution >= 0.6 is 0 Å². The summed E-state index contributed by atoms with van der Waals surface area (Å²) >= 11 is 0. The quantitative estimate of drug-likeness (QED) is 0.691. The molecule has 0 spiro atoms. The molecule has 25 heavy (non-hydrogen) atoms. The molecule has 0 unspecified atom stereocenters. The van der Waals surface area contributed by atoms with Gasteiger partial charge in [-0.25, -0.2) is 4.79 Å². The highest BCUT2D eigenvalue weighted by Crippen LogP contribution is 2.24. The number of benzene rings is 1. The third-order valence-electron chi connectivity index (χ3n) is 4.53. The first-order valence-electron chi connectivity index (χ1n) is 8.95. The molecule has 0 atom stereocenters. The molecule has 1 aromatic carbocycles. The molecule has 3 N–H and O–H groups in total. The zero-order valence-corrected chi connectivity index (χ0v) is 15.4. The summed E-state index contributed by atoms with van der Waals surface area (Å²) in [4.78, 5) is 23.5. The Bertz CT molecular complexity index is 575. The summed E-state index contributed by atoms with van der Waals surface area (Å²) in [6, 6.07) is 6.03. The van der Waals surface area contributed by atoms with Crippen molar-refractivity contribution in [1.29, 1.82) is 0 Å². The molecule has 0 radical (unpaired) electrons. The molecule has 2 rings (SSSR count). The Morgan fingerprint density at radius 1 is 1.08 bits per heavy atom. The maximum Gasteiger partial charge on any atom is 0.315 e. The molecule has 1 aliphatic rings. The highest BCUT2D eigenvalue weighted by Gasteiger charge is 2.26. The molecule has 1 fully saturated rings. The van der Waals surface area contributed by atoms with Crippen LogP contribution in [0.5, 0.6) is 5.75 Å². The molecular weight excluding hydrogens is 318 g/mol. The Balaban J connectivity index is 1.62. The van der Waals surface area contributed by atoms with Crippen LogP contribution in [-0.4, -0.2) is 38.2 Å². The third-order valence-corrected chi connectivity index (χ3v) is 4.53. The fourth-order valence-corrected chi connectivity index (χ4v) is 3.29. The van der Waals surface area contributed by atoms with Crippen LogP contribution < -0.4 is 20.7 Å². The van der Waals surface area contributed by atoms with E-state index in [1.54, 1.807) is 7.05 Å². The Morgan fingerprint density at radius 3 is 2.32 bits per heavy atom. The van der Waals surface area contributed by atoms with E-state index in [-0.39, 0.29) is 23.9 Å². The lowest BCUT2D eigenvalue weighted by Crippen LogP contribution is -2.45. The largest absolute Gasteiger partial charge is 0.492 e. The fraction of sp³-hybridized carbons (Fsp3) is 0.579. The van der Waals surface area contributed by atoms with Crippen molar-refractivity contribution in [2.45, 2.75) is 45.6 Å². The molecular formula is C19H29N3O3. The second kappa shape index (κ2) is 9.30. The van der Waals surface area contributed by atoms with Crippen LogP contribution in [0.3, 0.4) is 0 Å². The van der Waals surface area contributed by atoms with E-state index in [4.69, 9.17) is 4.74 Å². The maximum atomic E-state index is 11.9. The highest BCUT2D eigenvalue weighted by atomic mass is 16.5. The van der Waals surface area contributed by atoms with E-state index >= 15 is 0 Å². The number of hydrogen-bond acceptors (Lipinski definition) is 3. The predicted molar refractivity (Wildman–Crippen MR) is 97.8 cm³/mol. The molecule has 138 valence electrons. The van der Waals surface area contributed by atoms with E-state index in [2.05, 4.69) is 22.0 Å². The van der Waals surface area contributed by atoms with Gasteiger partial charge >= 0.3 is 6.03 Å². The van der Waals surface area contributed by atoms with Gasteiger partial charge in [-0.05, 0) is 62.8 Å². The lowest BCUT2D eigenvalue weighted by atomic mass is 9.85. The molecule has 3 amide bonds. The smallest absolute Gasteiger partial charge is 0.315 e. The molecule has 0 saturated heterocycles. The first-order valence-corrected chi connectivity index (χ1v) is 8.95. The average molecular weight is 347 g/mol. The topological polar surface area (TPSA) is 79.5 Å². The van der Waals surface area contributed by atoms with E-state index in [0.717, 1.165) is 42.6 Å². The minimum Gasteiger partial charge on any atom is -0.492 e. The second-order valence-corrected chi connectivity index (χ2v) is 6.73. The molecule has 1 aliphatic carbocycles. The molecule has 0 bridgehead atoms. The lowest BCUT2D eigenvalue weighted by Gasteiger charge is -2.28. The van der Waals surface area contributed by atoms with Crippen LogP contribution in [0.25, 0.3) is 0 Å². The van der Waals surface area contributed by atoms with Gasteiger partial charge in [0.05, 0.1) is 6.54 Å². The Hall–Kier alpha value is -2.24. The molecule has 0 aromatic heterocycles. The summed E-state index contributed by atoms with van der Waals surface area (Å²) in [6.07, 6.45) is 3.32. The van der Waals surface area contributed by atoms with Gasteiger partial charge in [-0.15, -0.1) is 0 Å². The molecule has 0 aliphatic heterocycles. The third kappa shape index (κ3) is 6.29. The van der Waals surface area contributed by atoms with Crippen LogP contribution in [0.1, 0.15) is 36.8 Å². The number of ether oxygens (including phenoxy) is 1. The van der Waals surface area contributed by atoms with Crippen molar-refractivity contribution >= 4 is 11.9 Å². The summed E-state index contributed by atoms with van der Waals surface area (Å²) in [5.41, 5.74) is 2.32. The van der Waals surface area contributed by atoms with Gasteiger partial charge in [0, 0.05) is 19.0 Å². The summed E-state index contributed by atoms with van der Waals surface area (Å²) in [7, 11) is 1.67. The van der Waals surface area contributed by atoms with Gasteiger partial charge < -0.3 is 20.7 Å². The monoisotopic (exact) mass is 347 g/mol. The highest BCUT2D eigenvalue weighted by molar-refractivity contribution is 5.78. The van der Waals surface area contributed by atoms with Crippen LogP contribution in [0, 0.1) is 19.8 Å². The average Bonchev–Trinajstić information content (AvgIpc) is 2.58. The molecule has 6 nitrogen and oxygen atoms in total. The molecule has 1 aromatic rings. The number of amides is 3. The minimum atomic E-state index is -0.174. The van der Waals surface area contributed by atoms with Crippen LogP contribution in [0.15, 0.2) is 18.2 Å². The number of carbonyl (C=O) groups is 2. The molecule has 6 heteroatoms. The van der Waals surface area contributed by atoms with Gasteiger partial charge in [-0.2, -0.15) is 0 Å². The zero-order chi connectivity index (χ0) is 18.2. The standard InChI is InChI=1S/C19H29N3O3/c1-13-10-14(2)12-17(11-13)25-9-8-21-19(24)22-16-6-4-15(5-7-16)18(23)20-3/h10-12,15-16H,4-9H2,1-3H3,(H,20,23)(H2,21,22,24). The first kappa shape index (κ1) is 19.1. The van der Waals surface area contributed by atoms with Crippen molar-refractivity contribution in [2.24, 2.45) is 5.92 Å². The Morgan fingerprint density at radius 2 is 1.72 bits per heavy atom. The normalized spacial score (nSPS) is 19.8. The number of urea groups is 1. The predicted octanol–water partition coefficient (Wildman–Crippen LogP) is 2.29. The molecule has 1 saturated carbocycles. The van der Waals surface area contributed by atoms with Crippen molar-refractivity contribution in [2.75, 3.05) is 20.2 Å². The number of hydrogen-bond donors (Lipinski definition) is 3. The van der Waals surface area contributed by atoms with Crippen molar-refractivity contribution < 1.29 is 14.3 Å². The van der Waals surface area contributed by atoms with E-state index in [1.165, 1.54) is 0 Å². The Kier molecular flexibility index (Phi) is 7.10. The van der Waals surface area contributed by atoms with Crippen molar-refractivity contribution in [3.63, 3.8) is 0 Å². The van der Waals surface area contributed by atoms with Gasteiger partial charge in [0.2, 0.25) is 5.91 Å². The summed E-state index contributed by atoms with van der Waals surface area (Å²) in [6.45, 7) is 4.95. The van der Waals surface area contributed by atoms with Gasteiger partial charge in [-0.3, -0.25) is 4.79 Å². The first-order chi connectivity index (χ1) is 12.0. The van der Waals surface area contributed by atoms with Gasteiger partial charge in [-0.1, -0.05) is 6.07 Å². The van der Waals surface area contributed by atoms with Gasteiger partial charge in [0.25, 0.3) is 0 Å². The van der Waals surface area contributed by atoms with Crippen LogP contribution in [-0.2, 0) is 4.79 Å². The number of carbonyl (C=O) groups excluding carboxylic acids is 2. The lowest BCUT2D eigenvalue weighted by molar-refractivity contribution is -0.125. The fourth-order valence-electron chi connectivity index (χ4n) is 3.29.